The van der Waals surface area contributed by atoms with Crippen LogP contribution in [0, 0.1) is 0 Å². The van der Waals surface area contributed by atoms with E-state index in [-0.39, 0.29) is 4.94 Å². The van der Waals surface area contributed by atoms with Crippen LogP contribution in [0.1, 0.15) is 6.92 Å². The predicted molar refractivity (Wildman–Crippen MR) is 50.7 cm³/mol. The van der Waals surface area contributed by atoms with Gasteiger partial charge in [0.15, 0.2) is 0 Å². The number of nitrogens with zero attached hydrogens (tertiary/aromatic N) is 2. The third kappa shape index (κ3) is 4.42. The highest BCUT2D eigenvalue weighted by Crippen LogP contribution is 1.99. The first-order valence-corrected chi connectivity index (χ1v) is 3.54. The normalized spacial score (nSPS) is 11.5. The maximum atomic E-state index is 12.1. The van der Waals surface area contributed by atoms with E-state index < -0.39 is 0 Å². The van der Waals surface area contributed by atoms with Gasteiger partial charge in [-0.05, 0) is 19.6 Å². The van der Waals surface area contributed by atoms with Crippen molar-refractivity contribution >= 4 is 34.6 Å². The Kier molecular flexibility index (Phi) is 5.59. The van der Waals surface area contributed by atoms with Gasteiger partial charge in [0.05, 0.1) is 0 Å². The fraction of sp³-hybridized carbons (Fsp3) is 0.500. The molecule has 2 nitrogen and oxygen atoms in total. The molecule has 0 saturated carbocycles. The highest BCUT2D eigenvalue weighted by Gasteiger charge is 2.07. The summed E-state index contributed by atoms with van der Waals surface area (Å²) in [7, 11) is 7.65. The smallest absolute Gasteiger partial charge is 0.321 e. The molecule has 0 aliphatic heterocycles. The molecule has 0 fully saturated rings. The van der Waals surface area contributed by atoms with Crippen molar-refractivity contribution in [2.75, 3.05) is 7.05 Å². The standard InChI is InChI=1S/C4H8B3FN2S/c1-3-4(6-10(5)8)9(2)7-11/h3,11H,1-2H3/b4-3-. The molecule has 0 aliphatic carbocycles. The Morgan fingerprint density at radius 2 is 2.27 bits per heavy atom. The summed E-state index contributed by atoms with van der Waals surface area (Å²) in [5.74, 6) is 0. The SMILES string of the molecule is [B]N(F)[B]/C(=C/C)N(C)[B]S. The molecule has 0 N–H and O–H groups in total. The molecule has 0 aromatic carbocycles. The summed E-state index contributed by atoms with van der Waals surface area (Å²) in [6.07, 6.45) is 1.71. The van der Waals surface area contributed by atoms with E-state index in [9.17, 15) is 4.48 Å². The summed E-state index contributed by atoms with van der Waals surface area (Å²) in [6, 6.07) is 0. The van der Waals surface area contributed by atoms with E-state index in [0.29, 0.717) is 5.60 Å². The van der Waals surface area contributed by atoms with Gasteiger partial charge in [-0.15, -0.1) is 0 Å². The van der Waals surface area contributed by atoms with Crippen molar-refractivity contribution in [1.29, 1.82) is 0 Å². The Bertz CT molecular complexity index is 143. The van der Waals surface area contributed by atoms with Crippen molar-refractivity contribution in [3.63, 3.8) is 0 Å². The van der Waals surface area contributed by atoms with E-state index in [1.165, 1.54) is 6.69 Å². The van der Waals surface area contributed by atoms with Crippen LogP contribution < -0.4 is 0 Å². The molecule has 0 aliphatic rings. The first kappa shape index (κ1) is 11.0. The average molecular weight is 168 g/mol. The number of hydrogen-bond acceptors (Lipinski definition) is 3. The fourth-order valence-electron chi connectivity index (χ4n) is 0.562. The second-order valence-corrected chi connectivity index (χ2v) is 2.14. The molecule has 0 bridgehead atoms. The van der Waals surface area contributed by atoms with Crippen LogP contribution in [0.25, 0.3) is 0 Å². The lowest BCUT2D eigenvalue weighted by atomic mass is 9.83. The summed E-state index contributed by atoms with van der Waals surface area (Å²) in [5, 5.41) is 0. The van der Waals surface area contributed by atoms with Gasteiger partial charge in [0.1, 0.15) is 0 Å². The Balaban J connectivity index is 3.97. The molecule has 56 valence electrons. The van der Waals surface area contributed by atoms with E-state index in [1.54, 1.807) is 24.9 Å². The predicted octanol–water partition coefficient (Wildman–Crippen LogP) is 0.133. The topological polar surface area (TPSA) is 6.48 Å². The van der Waals surface area contributed by atoms with Crippen LogP contribution in [0.4, 0.5) is 4.48 Å². The monoisotopic (exact) mass is 168 g/mol. The van der Waals surface area contributed by atoms with Gasteiger partial charge in [-0.3, -0.25) is 0 Å². The van der Waals surface area contributed by atoms with Gasteiger partial charge in [0, 0.05) is 0 Å². The van der Waals surface area contributed by atoms with Crippen LogP contribution in [0.5, 0.6) is 0 Å². The lowest BCUT2D eigenvalue weighted by Crippen LogP contribution is -2.29. The first-order chi connectivity index (χ1) is 5.11. The van der Waals surface area contributed by atoms with E-state index in [0.717, 1.165) is 7.41 Å². The van der Waals surface area contributed by atoms with Crippen molar-refractivity contribution in [3.05, 3.63) is 11.7 Å². The zero-order valence-electron chi connectivity index (χ0n) is 6.53. The van der Waals surface area contributed by atoms with Gasteiger partial charge < -0.3 is 4.81 Å². The Morgan fingerprint density at radius 3 is 2.55 bits per heavy atom. The first-order valence-electron chi connectivity index (χ1n) is 3.03. The van der Waals surface area contributed by atoms with E-state index in [2.05, 4.69) is 12.5 Å². The maximum Gasteiger partial charge on any atom is 0.321 e. The number of thiol groups is 1. The Hall–Kier alpha value is -0.0252. The molecular weight excluding hydrogens is 160 g/mol. The molecule has 0 heterocycles. The quantitative estimate of drug-likeness (QED) is 0.362. The summed E-state index contributed by atoms with van der Waals surface area (Å²) in [4.78, 5) is 1.63. The zero-order chi connectivity index (χ0) is 8.85. The van der Waals surface area contributed by atoms with Crippen molar-refractivity contribution in [3.8, 4) is 0 Å². The minimum Gasteiger partial charge on any atom is -0.422 e. The largest absolute Gasteiger partial charge is 0.422 e. The summed E-state index contributed by atoms with van der Waals surface area (Å²) >= 11 is 3.89. The highest BCUT2D eigenvalue weighted by molar-refractivity contribution is 8.06. The van der Waals surface area contributed by atoms with Crippen LogP contribution in [-0.4, -0.2) is 38.9 Å². The summed E-state index contributed by atoms with van der Waals surface area (Å²) in [5.41, 5.74) is 0.630. The third-order valence-corrected chi connectivity index (χ3v) is 1.48. The van der Waals surface area contributed by atoms with Crippen molar-refractivity contribution in [2.24, 2.45) is 0 Å². The average Bonchev–Trinajstić information content (AvgIpc) is 1.98. The molecule has 0 saturated heterocycles. The van der Waals surface area contributed by atoms with Gasteiger partial charge in [0.25, 0.3) is 7.41 Å². The molecule has 0 spiro atoms. The van der Waals surface area contributed by atoms with Crippen LogP contribution in [-0.2, 0) is 0 Å². The van der Waals surface area contributed by atoms with Crippen molar-refractivity contribution in [1.82, 2.24) is 9.75 Å². The van der Waals surface area contributed by atoms with Gasteiger partial charge in [-0.25, -0.2) is 17.4 Å². The van der Waals surface area contributed by atoms with E-state index in [4.69, 9.17) is 7.98 Å². The summed E-state index contributed by atoms with van der Waals surface area (Å²) in [6.45, 7) is 3.29. The minimum atomic E-state index is 0.00309. The number of hydrogen-bond donors (Lipinski definition) is 1. The van der Waals surface area contributed by atoms with Gasteiger partial charge in [-0.1, -0.05) is 6.08 Å². The fourth-order valence-corrected chi connectivity index (χ4v) is 0.696. The molecule has 0 rings (SSSR count). The lowest BCUT2D eigenvalue weighted by molar-refractivity contribution is 0.268. The van der Waals surface area contributed by atoms with E-state index in [1.807, 2.05) is 0 Å². The van der Waals surface area contributed by atoms with Gasteiger partial charge in [0.2, 0.25) is 7.98 Å². The molecular formula is C4H8B3FN2S. The number of halogens is 1. The van der Waals surface area contributed by atoms with Gasteiger partial charge in [-0.2, -0.15) is 4.48 Å². The molecule has 0 atom stereocenters. The van der Waals surface area contributed by atoms with E-state index >= 15 is 0 Å². The molecule has 0 aromatic rings. The van der Waals surface area contributed by atoms with Gasteiger partial charge >= 0.3 is 6.69 Å². The maximum absolute atomic E-state index is 12.1. The van der Waals surface area contributed by atoms with Crippen molar-refractivity contribution in [2.45, 2.75) is 6.92 Å². The molecule has 4 radical (unpaired) electrons. The number of allylic oxidation sites excluding steroid dienone is 1. The van der Waals surface area contributed by atoms with Crippen molar-refractivity contribution < 1.29 is 4.48 Å². The minimum absolute atomic E-state index is 0.00309. The molecule has 11 heavy (non-hydrogen) atoms. The number of rotatable bonds is 4. The zero-order valence-corrected chi connectivity index (χ0v) is 7.42. The van der Waals surface area contributed by atoms with Crippen LogP contribution in [0.3, 0.4) is 0 Å². The Morgan fingerprint density at radius 1 is 1.73 bits per heavy atom. The van der Waals surface area contributed by atoms with Crippen LogP contribution >= 0.6 is 12.5 Å². The second-order valence-electron chi connectivity index (χ2n) is 1.91. The molecule has 0 aromatic heterocycles. The Labute approximate surface area is 75.0 Å². The lowest BCUT2D eigenvalue weighted by Gasteiger charge is -2.20. The molecule has 7 heteroatoms. The van der Waals surface area contributed by atoms with Crippen LogP contribution in [0.2, 0.25) is 0 Å². The second kappa shape index (κ2) is 5.60. The summed E-state index contributed by atoms with van der Waals surface area (Å²) < 4.78 is 12.1. The van der Waals surface area contributed by atoms with Crippen LogP contribution in [0.15, 0.2) is 11.7 Å². The third-order valence-electron chi connectivity index (χ3n) is 1.13. The molecule has 0 unspecified atom stereocenters. The highest BCUT2D eigenvalue weighted by atomic mass is 32.1. The molecule has 0 amide bonds.